The zero-order valence-corrected chi connectivity index (χ0v) is 23.3. The second-order valence-electron chi connectivity index (χ2n) is 9.65. The van der Waals surface area contributed by atoms with Crippen molar-refractivity contribution < 1.29 is 15.3 Å². The molecule has 0 saturated heterocycles. The van der Waals surface area contributed by atoms with Crippen LogP contribution in [-0.4, -0.2) is 41.0 Å². The number of ether oxygens (including phenoxy) is 1. The van der Waals surface area contributed by atoms with E-state index in [1.54, 1.807) is 38.5 Å². The fourth-order valence-corrected chi connectivity index (χ4v) is 4.10. The minimum Gasteiger partial charge on any atom is -0.454 e. The van der Waals surface area contributed by atoms with Crippen molar-refractivity contribution in [2.24, 2.45) is 7.05 Å². The highest BCUT2D eigenvalue weighted by molar-refractivity contribution is 6.02. The Bertz CT molecular complexity index is 1920. The van der Waals surface area contributed by atoms with Crippen LogP contribution in [0, 0.1) is 11.2 Å². The molecule has 1 aromatic carbocycles. The molecule has 220 valence electrons. The smallest absolute Gasteiger partial charge is 0.352 e. The zero-order valence-electron chi connectivity index (χ0n) is 23.3. The van der Waals surface area contributed by atoms with Gasteiger partial charge in [-0.2, -0.15) is 5.10 Å². The highest BCUT2D eigenvalue weighted by Crippen LogP contribution is 2.25. The van der Waals surface area contributed by atoms with Gasteiger partial charge in [-0.3, -0.25) is 9.59 Å². The molecule has 0 atom stereocenters. The number of carbonyl (C=O) groups excluding carboxylic acids is 1. The zero-order chi connectivity index (χ0) is 30.7. The van der Waals surface area contributed by atoms with E-state index in [2.05, 4.69) is 25.7 Å². The summed E-state index contributed by atoms with van der Waals surface area (Å²) in [5.74, 6) is -0.609. The molecule has 4 heterocycles. The number of amides is 1. The summed E-state index contributed by atoms with van der Waals surface area (Å²) in [5.41, 5.74) is -0.180. The number of aromatic nitrogens is 6. The average Bonchev–Trinajstić information content (AvgIpc) is 3.42. The Labute approximate surface area is 245 Å². The van der Waals surface area contributed by atoms with Crippen LogP contribution >= 0.6 is 0 Å². The van der Waals surface area contributed by atoms with Gasteiger partial charge in [0.2, 0.25) is 5.69 Å². The molecule has 0 saturated carbocycles. The van der Waals surface area contributed by atoms with Crippen LogP contribution in [0.25, 0.3) is 11.3 Å². The van der Waals surface area contributed by atoms with Crippen molar-refractivity contribution in [2.45, 2.75) is 19.9 Å². The Kier molecular flexibility index (Phi) is 7.92. The molecule has 0 aliphatic carbocycles. The van der Waals surface area contributed by atoms with E-state index in [0.717, 1.165) is 38.9 Å². The molecule has 0 spiro atoms. The molecule has 0 radical (unpaired) electrons. The summed E-state index contributed by atoms with van der Waals surface area (Å²) in [6.45, 7) is 3.34. The van der Waals surface area contributed by atoms with Crippen LogP contribution in [0.15, 0.2) is 94.5 Å². The van der Waals surface area contributed by atoms with Crippen molar-refractivity contribution >= 4 is 23.5 Å². The van der Waals surface area contributed by atoms with E-state index in [4.69, 9.17) is 10.1 Å². The summed E-state index contributed by atoms with van der Waals surface area (Å²) in [7, 11) is 1.86. The van der Waals surface area contributed by atoms with Gasteiger partial charge in [-0.15, -0.1) is 0 Å². The fraction of sp³-hybridized carbons (Fsp3) is 0.138. The maximum atomic E-state index is 13.5. The van der Waals surface area contributed by atoms with Gasteiger partial charge in [0.15, 0.2) is 5.76 Å². The lowest BCUT2D eigenvalue weighted by Crippen LogP contribution is -2.45. The molecular formula is C29H28FN9O4. The Morgan fingerprint density at radius 2 is 1.93 bits per heavy atom. The maximum Gasteiger partial charge on any atom is 0.352 e. The third-order valence-corrected chi connectivity index (χ3v) is 6.18. The molecule has 13 nitrogen and oxygen atoms in total. The van der Waals surface area contributed by atoms with Crippen molar-refractivity contribution in [3.8, 4) is 11.4 Å². The van der Waals surface area contributed by atoms with E-state index < -0.39 is 34.7 Å². The van der Waals surface area contributed by atoms with Crippen LogP contribution in [0.1, 0.15) is 37.5 Å². The third kappa shape index (κ3) is 6.07. The number of benzene rings is 1. The van der Waals surface area contributed by atoms with E-state index in [-0.39, 0.29) is 12.9 Å². The van der Waals surface area contributed by atoms with Gasteiger partial charge in [-0.25, -0.2) is 28.4 Å². The topological polar surface area (TPSA) is 162 Å². The number of hydrogen-bond acceptors (Lipinski definition) is 9. The standard InChI is InChI=1S/C29H26FN9O4.H2/c1-17(2)39-29(42)38(20-6-4-19(30)5-7-20)28(41)26(36-39)27(40)35-25-9-8-21(14-33-25)43-24-12-18(13-32-22(24)10-11-31)23-15-37(3)16-34-23;/h4-17,31-32H,1-3H3,(H,33,35,40);1H/b22-10-,31-11?;. The van der Waals surface area contributed by atoms with E-state index in [1.807, 2.05) is 17.8 Å². The number of rotatable bonds is 8. The molecule has 1 aliphatic rings. The molecule has 5 rings (SSSR count). The number of halogens is 1. The van der Waals surface area contributed by atoms with Crippen LogP contribution in [-0.2, 0) is 7.05 Å². The third-order valence-electron chi connectivity index (χ3n) is 6.18. The summed E-state index contributed by atoms with van der Waals surface area (Å²) in [4.78, 5) is 47.9. The number of pyridine rings is 1. The molecule has 1 amide bonds. The molecular weight excluding hydrogens is 557 g/mol. The Morgan fingerprint density at radius 3 is 2.56 bits per heavy atom. The normalized spacial score (nSPS) is 13.7. The van der Waals surface area contributed by atoms with Gasteiger partial charge in [-0.1, -0.05) is 0 Å². The van der Waals surface area contributed by atoms with Gasteiger partial charge in [-0.05, 0) is 62.4 Å². The molecule has 0 fully saturated rings. The number of imidazole rings is 1. The van der Waals surface area contributed by atoms with E-state index in [1.165, 1.54) is 30.5 Å². The van der Waals surface area contributed by atoms with Crippen LogP contribution in [0.3, 0.4) is 0 Å². The molecule has 0 bridgehead atoms. The number of nitrogens with one attached hydrogen (secondary N) is 3. The van der Waals surface area contributed by atoms with Crippen molar-refractivity contribution in [1.82, 2.24) is 34.2 Å². The predicted octanol–water partition coefficient (Wildman–Crippen LogP) is 3.18. The van der Waals surface area contributed by atoms with Crippen LogP contribution < -0.4 is 26.6 Å². The quantitative estimate of drug-likeness (QED) is 0.266. The first kappa shape index (κ1) is 28.6. The monoisotopic (exact) mass is 585 g/mol. The summed E-state index contributed by atoms with van der Waals surface area (Å²) in [6, 6.07) is 7.28. The maximum absolute atomic E-state index is 13.5. The highest BCUT2D eigenvalue weighted by atomic mass is 19.1. The summed E-state index contributed by atoms with van der Waals surface area (Å²) in [5, 5.41) is 17.1. The lowest BCUT2D eigenvalue weighted by atomic mass is 10.1. The Morgan fingerprint density at radius 1 is 1.16 bits per heavy atom. The fourth-order valence-electron chi connectivity index (χ4n) is 4.10. The Balaban J connectivity index is 0.00000442. The average molecular weight is 586 g/mol. The first-order chi connectivity index (χ1) is 20.6. The van der Waals surface area contributed by atoms with Crippen LogP contribution in [0.2, 0.25) is 0 Å². The summed E-state index contributed by atoms with van der Waals surface area (Å²) < 4.78 is 23.1. The van der Waals surface area contributed by atoms with E-state index in [0.29, 0.717) is 17.2 Å². The second kappa shape index (κ2) is 11.9. The molecule has 0 unspecified atom stereocenters. The van der Waals surface area contributed by atoms with Crippen molar-refractivity contribution in [3.63, 3.8) is 0 Å². The molecule has 14 heteroatoms. The highest BCUT2D eigenvalue weighted by Gasteiger charge is 2.22. The number of allylic oxidation sites excluding steroid dienone is 3. The SMILES string of the molecule is CC(C)n1nc(C(=O)Nc2ccc(OC3=CC(c4cn(C)cn4)=CN/C3=C\C=N)cn2)c(=O)n(-c2ccc(F)cc2)c1=O.[HH]. The Hall–Kier alpha value is -5.92. The van der Waals surface area contributed by atoms with Crippen LogP contribution in [0.4, 0.5) is 10.2 Å². The van der Waals surface area contributed by atoms with Crippen molar-refractivity contribution in [2.75, 3.05) is 5.32 Å². The molecule has 3 N–H and O–H groups in total. The van der Waals surface area contributed by atoms with Gasteiger partial charge in [0, 0.05) is 32.7 Å². The first-order valence-corrected chi connectivity index (χ1v) is 13.0. The van der Waals surface area contributed by atoms with Gasteiger partial charge >= 0.3 is 5.69 Å². The van der Waals surface area contributed by atoms with Gasteiger partial charge in [0.05, 0.1) is 35.6 Å². The minimum atomic E-state index is -0.968. The van der Waals surface area contributed by atoms with Crippen molar-refractivity contribution in [3.05, 3.63) is 123 Å². The van der Waals surface area contributed by atoms with Gasteiger partial charge in [0.1, 0.15) is 17.4 Å². The predicted molar refractivity (Wildman–Crippen MR) is 159 cm³/mol. The lowest BCUT2D eigenvalue weighted by Gasteiger charge is -2.18. The lowest BCUT2D eigenvalue weighted by molar-refractivity contribution is 0.101. The minimum absolute atomic E-state index is 0. The second-order valence-corrected chi connectivity index (χ2v) is 9.65. The number of carbonyl (C=O) groups is 1. The van der Waals surface area contributed by atoms with Crippen LogP contribution in [0.5, 0.6) is 5.75 Å². The van der Waals surface area contributed by atoms with Gasteiger partial charge in [0.25, 0.3) is 11.5 Å². The van der Waals surface area contributed by atoms with Gasteiger partial charge < -0.3 is 25.3 Å². The summed E-state index contributed by atoms with van der Waals surface area (Å²) in [6.07, 6.45) is 11.1. The summed E-state index contributed by atoms with van der Waals surface area (Å²) >= 11 is 0. The largest absolute Gasteiger partial charge is 0.454 e. The molecule has 43 heavy (non-hydrogen) atoms. The molecule has 1 aliphatic heterocycles. The van der Waals surface area contributed by atoms with Crippen molar-refractivity contribution in [1.29, 1.82) is 5.41 Å². The molecule has 3 aromatic heterocycles. The molecule has 4 aromatic rings. The van der Waals surface area contributed by atoms with E-state index >= 15 is 0 Å². The number of nitrogens with zero attached hydrogens (tertiary/aromatic N) is 6. The number of anilines is 1. The number of hydrogen-bond donors (Lipinski definition) is 3. The van der Waals surface area contributed by atoms with E-state index in [9.17, 15) is 18.8 Å². The number of aryl methyl sites for hydroxylation is 1. The number of dihydropyridines is 1. The first-order valence-electron chi connectivity index (χ1n) is 13.0.